The summed E-state index contributed by atoms with van der Waals surface area (Å²) < 4.78 is 68.7. The lowest BCUT2D eigenvalue weighted by Crippen LogP contribution is -2.14. The summed E-state index contributed by atoms with van der Waals surface area (Å²) in [5, 5.41) is 5.75. The Balaban J connectivity index is 1.66. The van der Waals surface area contributed by atoms with Crippen molar-refractivity contribution in [3.05, 3.63) is 76.1 Å². The maximum absolute atomic E-state index is 14.7. The highest BCUT2D eigenvalue weighted by molar-refractivity contribution is 6.34. The van der Waals surface area contributed by atoms with Gasteiger partial charge in [-0.3, -0.25) is 4.79 Å². The van der Waals surface area contributed by atoms with E-state index < -0.39 is 29.4 Å². The molecule has 0 bridgehead atoms. The molecule has 156 valence electrons. The average Bonchev–Trinajstić information content (AvgIpc) is 3.42. The molecule has 2 aromatic carbocycles. The smallest absolute Gasteiger partial charge is 0.318 e. The zero-order chi connectivity index (χ0) is 21.6. The molecule has 1 saturated carbocycles. The minimum atomic E-state index is -4.66. The SMILES string of the molecule is O=C(Nc1c(F)cccc1Cl)c1ccc(-n2nc(C(F)(F)F)cc2C2CC2)c(F)c1. The van der Waals surface area contributed by atoms with Gasteiger partial charge >= 0.3 is 6.18 Å². The Hall–Kier alpha value is -2.94. The van der Waals surface area contributed by atoms with E-state index in [9.17, 15) is 26.7 Å². The highest BCUT2D eigenvalue weighted by Gasteiger charge is 2.38. The van der Waals surface area contributed by atoms with Crippen LogP contribution in [-0.2, 0) is 6.18 Å². The van der Waals surface area contributed by atoms with Gasteiger partial charge in [-0.1, -0.05) is 17.7 Å². The molecule has 0 saturated heterocycles. The molecule has 1 aliphatic rings. The first-order valence-electron chi connectivity index (χ1n) is 8.87. The molecule has 1 amide bonds. The molecule has 0 aliphatic heterocycles. The van der Waals surface area contributed by atoms with E-state index in [1.54, 1.807) is 0 Å². The molecule has 0 unspecified atom stereocenters. The molecule has 30 heavy (non-hydrogen) atoms. The summed E-state index contributed by atoms with van der Waals surface area (Å²) >= 11 is 5.86. The molecule has 4 nitrogen and oxygen atoms in total. The molecule has 1 fully saturated rings. The summed E-state index contributed by atoms with van der Waals surface area (Å²) in [6.45, 7) is 0. The van der Waals surface area contributed by atoms with Gasteiger partial charge in [-0.05, 0) is 49.2 Å². The Labute approximate surface area is 172 Å². The van der Waals surface area contributed by atoms with Crippen molar-refractivity contribution in [1.29, 1.82) is 0 Å². The third kappa shape index (κ3) is 3.89. The number of nitrogens with one attached hydrogen (secondary N) is 1. The van der Waals surface area contributed by atoms with E-state index in [2.05, 4.69) is 10.4 Å². The number of benzene rings is 2. The van der Waals surface area contributed by atoms with Crippen LogP contribution in [0.3, 0.4) is 0 Å². The third-order valence-corrected chi connectivity index (χ3v) is 4.98. The summed E-state index contributed by atoms with van der Waals surface area (Å²) in [4.78, 5) is 12.4. The molecular weight excluding hydrogens is 429 g/mol. The van der Waals surface area contributed by atoms with Crippen molar-refractivity contribution in [2.24, 2.45) is 0 Å². The van der Waals surface area contributed by atoms with Crippen LogP contribution in [0.5, 0.6) is 0 Å². The third-order valence-electron chi connectivity index (χ3n) is 4.66. The molecule has 0 radical (unpaired) electrons. The van der Waals surface area contributed by atoms with Crippen molar-refractivity contribution in [1.82, 2.24) is 9.78 Å². The van der Waals surface area contributed by atoms with Gasteiger partial charge in [-0.2, -0.15) is 18.3 Å². The summed E-state index contributed by atoms with van der Waals surface area (Å²) in [7, 11) is 0. The zero-order valence-electron chi connectivity index (χ0n) is 15.1. The number of nitrogens with zero attached hydrogens (tertiary/aromatic N) is 2. The lowest BCUT2D eigenvalue weighted by atomic mass is 10.1. The number of rotatable bonds is 4. The number of para-hydroxylation sites is 1. The topological polar surface area (TPSA) is 46.9 Å². The van der Waals surface area contributed by atoms with Crippen LogP contribution in [0, 0.1) is 11.6 Å². The Morgan fingerprint density at radius 3 is 2.43 bits per heavy atom. The minimum Gasteiger partial charge on any atom is -0.318 e. The Morgan fingerprint density at radius 1 is 1.10 bits per heavy atom. The molecule has 1 heterocycles. The molecule has 1 N–H and O–H groups in total. The van der Waals surface area contributed by atoms with Crippen LogP contribution < -0.4 is 5.32 Å². The van der Waals surface area contributed by atoms with Crippen LogP contribution in [0.15, 0.2) is 42.5 Å². The second-order valence-corrected chi connectivity index (χ2v) is 7.26. The van der Waals surface area contributed by atoms with Crippen molar-refractivity contribution in [2.75, 3.05) is 5.32 Å². The fraction of sp³-hybridized carbons (Fsp3) is 0.200. The Bertz CT molecular complexity index is 1120. The summed E-state index contributed by atoms with van der Waals surface area (Å²) in [6.07, 6.45) is -3.28. The molecule has 0 spiro atoms. The van der Waals surface area contributed by atoms with Crippen LogP contribution in [0.2, 0.25) is 5.02 Å². The second-order valence-electron chi connectivity index (χ2n) is 6.86. The van der Waals surface area contributed by atoms with E-state index >= 15 is 0 Å². The first-order valence-corrected chi connectivity index (χ1v) is 9.25. The summed E-state index contributed by atoms with van der Waals surface area (Å²) in [5.74, 6) is -2.66. The number of amides is 1. The number of aromatic nitrogens is 2. The van der Waals surface area contributed by atoms with E-state index in [0.717, 1.165) is 28.9 Å². The van der Waals surface area contributed by atoms with Gasteiger partial charge in [0.15, 0.2) is 5.69 Å². The predicted molar refractivity (Wildman–Crippen MR) is 99.9 cm³/mol. The van der Waals surface area contributed by atoms with Gasteiger partial charge in [-0.25, -0.2) is 13.5 Å². The van der Waals surface area contributed by atoms with Gasteiger partial charge in [-0.15, -0.1) is 0 Å². The minimum absolute atomic E-state index is 0.0364. The predicted octanol–water partition coefficient (Wildman–Crippen LogP) is 5.95. The second kappa shape index (κ2) is 7.39. The fourth-order valence-electron chi connectivity index (χ4n) is 3.02. The molecule has 1 aliphatic carbocycles. The van der Waals surface area contributed by atoms with E-state index in [0.29, 0.717) is 12.8 Å². The van der Waals surface area contributed by atoms with Crippen LogP contribution in [0.25, 0.3) is 5.69 Å². The van der Waals surface area contributed by atoms with E-state index in [-0.39, 0.29) is 33.6 Å². The van der Waals surface area contributed by atoms with E-state index in [4.69, 9.17) is 11.6 Å². The number of hydrogen-bond acceptors (Lipinski definition) is 2. The van der Waals surface area contributed by atoms with Crippen molar-refractivity contribution >= 4 is 23.2 Å². The monoisotopic (exact) mass is 441 g/mol. The standard InChI is InChI=1S/C20H13ClF5N3O/c21-12-2-1-3-13(22)18(12)27-19(30)11-6-7-15(14(23)8-11)29-16(10-4-5-10)9-17(28-29)20(24,25)26/h1-3,6-10H,4-5H2,(H,27,30). The van der Waals surface area contributed by atoms with Crippen LogP contribution in [-0.4, -0.2) is 15.7 Å². The van der Waals surface area contributed by atoms with Gasteiger partial charge in [0.1, 0.15) is 17.3 Å². The van der Waals surface area contributed by atoms with Gasteiger partial charge in [0, 0.05) is 17.2 Å². The van der Waals surface area contributed by atoms with Gasteiger partial charge in [0.05, 0.1) is 10.7 Å². The van der Waals surface area contributed by atoms with Gasteiger partial charge < -0.3 is 5.32 Å². The summed E-state index contributed by atoms with van der Waals surface area (Å²) in [6, 6.07) is 7.97. The zero-order valence-corrected chi connectivity index (χ0v) is 15.9. The first kappa shape index (κ1) is 20.3. The van der Waals surface area contributed by atoms with Crippen molar-refractivity contribution < 1.29 is 26.7 Å². The molecular formula is C20H13ClF5N3O. The lowest BCUT2D eigenvalue weighted by molar-refractivity contribution is -0.141. The largest absolute Gasteiger partial charge is 0.435 e. The number of anilines is 1. The average molecular weight is 442 g/mol. The molecule has 1 aromatic heterocycles. The molecule has 4 rings (SSSR count). The number of halogens is 6. The van der Waals surface area contributed by atoms with Gasteiger partial charge in [0.25, 0.3) is 5.91 Å². The first-order chi connectivity index (χ1) is 14.1. The highest BCUT2D eigenvalue weighted by Crippen LogP contribution is 2.43. The maximum Gasteiger partial charge on any atom is 0.435 e. The van der Waals surface area contributed by atoms with Gasteiger partial charge in [0.2, 0.25) is 0 Å². The van der Waals surface area contributed by atoms with Crippen molar-refractivity contribution in [3.63, 3.8) is 0 Å². The highest BCUT2D eigenvalue weighted by atomic mass is 35.5. The number of carbonyl (C=O) groups excluding carboxylic acids is 1. The Morgan fingerprint density at radius 2 is 1.83 bits per heavy atom. The molecule has 3 aromatic rings. The molecule has 10 heteroatoms. The van der Waals surface area contributed by atoms with Crippen LogP contribution in [0.1, 0.15) is 40.5 Å². The maximum atomic E-state index is 14.7. The van der Waals surface area contributed by atoms with Crippen LogP contribution in [0.4, 0.5) is 27.6 Å². The normalized spacial score (nSPS) is 14.1. The van der Waals surface area contributed by atoms with E-state index in [1.807, 2.05) is 0 Å². The van der Waals surface area contributed by atoms with Crippen molar-refractivity contribution in [2.45, 2.75) is 24.9 Å². The van der Waals surface area contributed by atoms with E-state index in [1.165, 1.54) is 18.2 Å². The number of hydrogen-bond donors (Lipinski definition) is 1. The number of carbonyl (C=O) groups is 1. The summed E-state index contributed by atoms with van der Waals surface area (Å²) in [5.41, 5.74) is -1.48. The van der Waals surface area contributed by atoms with Crippen LogP contribution >= 0.6 is 11.6 Å². The Kier molecular flexibility index (Phi) is 5.01. The fourth-order valence-corrected chi connectivity index (χ4v) is 3.23. The number of alkyl halides is 3. The molecule has 0 atom stereocenters. The van der Waals surface area contributed by atoms with Crippen molar-refractivity contribution in [3.8, 4) is 5.69 Å². The lowest BCUT2D eigenvalue weighted by Gasteiger charge is -2.11. The quantitative estimate of drug-likeness (QED) is 0.508.